The van der Waals surface area contributed by atoms with Gasteiger partial charge in [0.25, 0.3) is 0 Å². The molecule has 4 rings (SSSR count). The van der Waals surface area contributed by atoms with Crippen molar-refractivity contribution >= 4 is 17.4 Å². The number of halogens is 1. The van der Waals surface area contributed by atoms with Crippen LogP contribution in [0.5, 0.6) is 0 Å². The zero-order valence-electron chi connectivity index (χ0n) is 12.7. The van der Waals surface area contributed by atoms with E-state index >= 15 is 0 Å². The predicted octanol–water partition coefficient (Wildman–Crippen LogP) is 3.48. The molecule has 1 aromatic heterocycles. The predicted molar refractivity (Wildman–Crippen MR) is 89.9 cm³/mol. The van der Waals surface area contributed by atoms with E-state index in [0.717, 1.165) is 36.0 Å². The number of benzene rings is 1. The number of likely N-dealkylation sites (tertiary alicyclic amines) is 1. The highest BCUT2D eigenvalue weighted by molar-refractivity contribution is 6.32. The largest absolute Gasteiger partial charge is 0.369 e. The maximum Gasteiger partial charge on any atom is 0.133 e. The van der Waals surface area contributed by atoms with Crippen molar-refractivity contribution < 1.29 is 0 Å². The topological polar surface area (TPSA) is 33.1 Å². The first-order valence-corrected chi connectivity index (χ1v) is 8.52. The van der Waals surface area contributed by atoms with E-state index in [1.807, 2.05) is 28.9 Å². The summed E-state index contributed by atoms with van der Waals surface area (Å²) in [5, 5.41) is 9.10. The Morgan fingerprint density at radius 2 is 1.95 bits per heavy atom. The average molecular weight is 317 g/mol. The van der Waals surface area contributed by atoms with Crippen LogP contribution in [-0.4, -0.2) is 34.3 Å². The zero-order chi connectivity index (χ0) is 14.9. The molecule has 2 aliphatic rings. The molecule has 1 aromatic carbocycles. The van der Waals surface area contributed by atoms with Gasteiger partial charge >= 0.3 is 0 Å². The molecule has 5 heteroatoms. The van der Waals surface area contributed by atoms with Gasteiger partial charge in [-0.3, -0.25) is 4.90 Å². The van der Waals surface area contributed by atoms with E-state index in [2.05, 4.69) is 10.2 Å². The molecule has 0 amide bonds. The lowest BCUT2D eigenvalue weighted by molar-refractivity contribution is 0.217. The van der Waals surface area contributed by atoms with Crippen LogP contribution in [0.2, 0.25) is 5.02 Å². The minimum Gasteiger partial charge on any atom is -0.369 e. The van der Waals surface area contributed by atoms with Crippen molar-refractivity contribution in [2.75, 3.05) is 25.0 Å². The lowest BCUT2D eigenvalue weighted by atomic mass is 10.1. The number of hydrogen-bond donors (Lipinski definition) is 1. The molecule has 2 aliphatic heterocycles. The minimum atomic E-state index is 0.742. The molecular weight excluding hydrogens is 296 g/mol. The minimum absolute atomic E-state index is 0.742. The number of para-hydroxylation sites is 1. The number of aromatic nitrogens is 2. The van der Waals surface area contributed by atoms with Gasteiger partial charge in [-0.2, -0.15) is 5.10 Å². The number of hydrogen-bond acceptors (Lipinski definition) is 3. The van der Waals surface area contributed by atoms with Crippen LogP contribution in [0.1, 0.15) is 30.5 Å². The molecule has 4 nitrogen and oxygen atoms in total. The maximum atomic E-state index is 6.36. The molecule has 0 spiro atoms. The van der Waals surface area contributed by atoms with Crippen molar-refractivity contribution in [3.05, 3.63) is 40.5 Å². The van der Waals surface area contributed by atoms with E-state index in [9.17, 15) is 0 Å². The Morgan fingerprint density at radius 3 is 2.77 bits per heavy atom. The van der Waals surface area contributed by atoms with Crippen molar-refractivity contribution in [1.29, 1.82) is 0 Å². The summed E-state index contributed by atoms with van der Waals surface area (Å²) in [4.78, 5) is 2.53. The average Bonchev–Trinajstić information content (AvgIpc) is 3.13. The molecule has 0 saturated carbocycles. The second-order valence-electron chi connectivity index (χ2n) is 6.15. The van der Waals surface area contributed by atoms with Gasteiger partial charge in [-0.05, 0) is 44.5 Å². The summed E-state index contributed by atoms with van der Waals surface area (Å²) < 4.78 is 1.99. The van der Waals surface area contributed by atoms with E-state index in [1.54, 1.807) is 0 Å². The molecule has 3 heterocycles. The van der Waals surface area contributed by atoms with Gasteiger partial charge in [-0.15, -0.1) is 0 Å². The summed E-state index contributed by atoms with van der Waals surface area (Å²) >= 11 is 6.36. The summed E-state index contributed by atoms with van der Waals surface area (Å²) in [6.45, 7) is 4.34. The number of nitrogens with one attached hydrogen (secondary N) is 1. The molecule has 1 N–H and O–H groups in total. The lowest BCUT2D eigenvalue weighted by Crippen LogP contribution is -2.29. The quantitative estimate of drug-likeness (QED) is 0.941. The molecule has 1 fully saturated rings. The van der Waals surface area contributed by atoms with E-state index in [0.29, 0.717) is 0 Å². The van der Waals surface area contributed by atoms with Crippen LogP contribution in [0.15, 0.2) is 24.3 Å². The number of fused-ring (bicyclic) bond motifs is 1. The second kappa shape index (κ2) is 5.94. The molecule has 0 aliphatic carbocycles. The highest BCUT2D eigenvalue weighted by Crippen LogP contribution is 2.32. The third-order valence-corrected chi connectivity index (χ3v) is 4.96. The van der Waals surface area contributed by atoms with E-state index < -0.39 is 0 Å². The first kappa shape index (κ1) is 14.1. The number of anilines is 1. The zero-order valence-corrected chi connectivity index (χ0v) is 13.4. The highest BCUT2D eigenvalue weighted by Gasteiger charge is 2.25. The first-order chi connectivity index (χ1) is 10.8. The van der Waals surface area contributed by atoms with E-state index in [4.69, 9.17) is 16.7 Å². The molecule has 0 unspecified atom stereocenters. The van der Waals surface area contributed by atoms with Crippen molar-refractivity contribution in [3.63, 3.8) is 0 Å². The van der Waals surface area contributed by atoms with Crippen LogP contribution < -0.4 is 5.32 Å². The molecule has 0 bridgehead atoms. The van der Waals surface area contributed by atoms with Gasteiger partial charge in [0, 0.05) is 18.7 Å². The van der Waals surface area contributed by atoms with E-state index in [-0.39, 0.29) is 0 Å². The van der Waals surface area contributed by atoms with Gasteiger partial charge in [0.2, 0.25) is 0 Å². The smallest absolute Gasteiger partial charge is 0.133 e. The van der Waals surface area contributed by atoms with E-state index in [1.165, 1.54) is 43.6 Å². The molecule has 0 atom stereocenters. The molecule has 2 aromatic rings. The Hall–Kier alpha value is -1.52. The van der Waals surface area contributed by atoms with Gasteiger partial charge in [0.05, 0.1) is 16.4 Å². The van der Waals surface area contributed by atoms with Crippen molar-refractivity contribution in [1.82, 2.24) is 14.7 Å². The fraction of sp³-hybridized carbons (Fsp3) is 0.471. The normalized spacial score (nSPS) is 18.2. The van der Waals surface area contributed by atoms with Gasteiger partial charge in [0.15, 0.2) is 0 Å². The SMILES string of the molecule is Clc1ccccc1-n1nc(CN2CCCCC2)c2c1NCC2. The van der Waals surface area contributed by atoms with Crippen LogP contribution in [0.25, 0.3) is 5.69 Å². The molecule has 0 radical (unpaired) electrons. The second-order valence-corrected chi connectivity index (χ2v) is 6.56. The number of nitrogens with zero attached hydrogens (tertiary/aromatic N) is 3. The summed E-state index contributed by atoms with van der Waals surface area (Å²) in [6, 6.07) is 7.91. The Bertz CT molecular complexity index is 673. The standard InChI is InChI=1S/C17H21ClN4/c18-14-6-2-3-7-16(14)22-17-13(8-9-19-17)15(20-22)12-21-10-4-1-5-11-21/h2-3,6-7,19H,1,4-5,8-12H2. The van der Waals surface area contributed by atoms with Crippen molar-refractivity contribution in [2.45, 2.75) is 32.2 Å². The Kier molecular flexibility index (Phi) is 3.80. The number of piperidine rings is 1. The lowest BCUT2D eigenvalue weighted by Gasteiger charge is -2.25. The molecule has 116 valence electrons. The maximum absolute atomic E-state index is 6.36. The summed E-state index contributed by atoms with van der Waals surface area (Å²) in [5.74, 6) is 1.13. The fourth-order valence-electron chi connectivity index (χ4n) is 3.50. The van der Waals surface area contributed by atoms with Gasteiger partial charge in [-0.1, -0.05) is 30.2 Å². The third kappa shape index (κ3) is 2.50. The Balaban J connectivity index is 1.69. The molecule has 1 saturated heterocycles. The summed E-state index contributed by atoms with van der Waals surface area (Å²) in [7, 11) is 0. The van der Waals surface area contributed by atoms with Gasteiger partial charge in [-0.25, -0.2) is 4.68 Å². The van der Waals surface area contributed by atoms with Crippen molar-refractivity contribution in [3.8, 4) is 5.69 Å². The highest BCUT2D eigenvalue weighted by atomic mass is 35.5. The fourth-order valence-corrected chi connectivity index (χ4v) is 3.72. The molecular formula is C17H21ClN4. The van der Waals surface area contributed by atoms with Crippen LogP contribution in [-0.2, 0) is 13.0 Å². The first-order valence-electron chi connectivity index (χ1n) is 8.15. The molecule has 22 heavy (non-hydrogen) atoms. The van der Waals surface area contributed by atoms with Gasteiger partial charge < -0.3 is 5.32 Å². The number of rotatable bonds is 3. The van der Waals surface area contributed by atoms with Gasteiger partial charge in [0.1, 0.15) is 5.82 Å². The van der Waals surface area contributed by atoms with Crippen LogP contribution in [0.4, 0.5) is 5.82 Å². The summed E-state index contributed by atoms with van der Waals surface area (Å²) in [6.07, 6.45) is 5.05. The van der Waals surface area contributed by atoms with Crippen LogP contribution in [0.3, 0.4) is 0 Å². The third-order valence-electron chi connectivity index (χ3n) is 4.64. The Morgan fingerprint density at radius 1 is 1.14 bits per heavy atom. The van der Waals surface area contributed by atoms with Crippen molar-refractivity contribution in [2.24, 2.45) is 0 Å². The van der Waals surface area contributed by atoms with Crippen LogP contribution >= 0.6 is 11.6 Å². The Labute approximate surface area is 136 Å². The monoisotopic (exact) mass is 316 g/mol. The summed E-state index contributed by atoms with van der Waals surface area (Å²) in [5.41, 5.74) is 3.53. The van der Waals surface area contributed by atoms with Crippen LogP contribution in [0, 0.1) is 0 Å².